The summed E-state index contributed by atoms with van der Waals surface area (Å²) in [5, 5.41) is 8.99. The SMILES string of the molecule is N#Cc1ccc(Cl)cc1NS(=O)(=O)C1CCCC1. The highest BCUT2D eigenvalue weighted by Crippen LogP contribution is 2.28. The molecule has 96 valence electrons. The molecule has 0 radical (unpaired) electrons. The molecule has 0 heterocycles. The molecule has 0 amide bonds. The number of hydrogen-bond acceptors (Lipinski definition) is 3. The smallest absolute Gasteiger partial charge is 0.235 e. The summed E-state index contributed by atoms with van der Waals surface area (Å²) in [6.45, 7) is 0. The van der Waals surface area contributed by atoms with Crippen molar-refractivity contribution in [2.45, 2.75) is 30.9 Å². The van der Waals surface area contributed by atoms with E-state index >= 15 is 0 Å². The molecule has 0 bridgehead atoms. The number of hydrogen-bond donors (Lipinski definition) is 1. The Labute approximate surface area is 112 Å². The van der Waals surface area contributed by atoms with Gasteiger partial charge in [0.1, 0.15) is 6.07 Å². The van der Waals surface area contributed by atoms with E-state index in [-0.39, 0.29) is 16.5 Å². The summed E-state index contributed by atoms with van der Waals surface area (Å²) in [6.07, 6.45) is 3.23. The topological polar surface area (TPSA) is 70.0 Å². The first-order chi connectivity index (χ1) is 8.53. The van der Waals surface area contributed by atoms with E-state index in [1.807, 2.05) is 6.07 Å². The molecule has 1 aromatic carbocycles. The van der Waals surface area contributed by atoms with E-state index in [0.29, 0.717) is 17.9 Å². The minimum Gasteiger partial charge on any atom is -0.282 e. The van der Waals surface area contributed by atoms with Crippen LogP contribution in [0.4, 0.5) is 5.69 Å². The van der Waals surface area contributed by atoms with Gasteiger partial charge in [-0.2, -0.15) is 5.26 Å². The van der Waals surface area contributed by atoms with Gasteiger partial charge in [0, 0.05) is 5.02 Å². The summed E-state index contributed by atoms with van der Waals surface area (Å²) in [6, 6.07) is 6.49. The average Bonchev–Trinajstić information content (AvgIpc) is 2.83. The zero-order valence-electron chi connectivity index (χ0n) is 9.69. The van der Waals surface area contributed by atoms with Crippen LogP contribution >= 0.6 is 11.6 Å². The van der Waals surface area contributed by atoms with Gasteiger partial charge in [0.2, 0.25) is 10.0 Å². The van der Waals surface area contributed by atoms with Gasteiger partial charge >= 0.3 is 0 Å². The van der Waals surface area contributed by atoms with Crippen LogP contribution in [-0.2, 0) is 10.0 Å². The second kappa shape index (κ2) is 5.17. The molecule has 1 N–H and O–H groups in total. The lowest BCUT2D eigenvalue weighted by Crippen LogP contribution is -2.25. The van der Waals surface area contributed by atoms with Crippen LogP contribution in [0.1, 0.15) is 31.2 Å². The summed E-state index contributed by atoms with van der Waals surface area (Å²) in [5.74, 6) is 0. The zero-order chi connectivity index (χ0) is 13.2. The van der Waals surface area contributed by atoms with E-state index in [4.69, 9.17) is 16.9 Å². The van der Waals surface area contributed by atoms with Crippen LogP contribution in [0.15, 0.2) is 18.2 Å². The average molecular weight is 285 g/mol. The first-order valence-corrected chi connectivity index (χ1v) is 7.66. The van der Waals surface area contributed by atoms with Crippen LogP contribution in [0.5, 0.6) is 0 Å². The van der Waals surface area contributed by atoms with Crippen molar-refractivity contribution in [3.05, 3.63) is 28.8 Å². The van der Waals surface area contributed by atoms with Crippen LogP contribution in [0.3, 0.4) is 0 Å². The predicted molar refractivity (Wildman–Crippen MR) is 71.0 cm³/mol. The Morgan fingerprint density at radius 3 is 2.61 bits per heavy atom. The fourth-order valence-corrected chi connectivity index (χ4v) is 3.90. The van der Waals surface area contributed by atoms with Crippen LogP contribution in [0.25, 0.3) is 0 Å². The van der Waals surface area contributed by atoms with Gasteiger partial charge in [0.05, 0.1) is 16.5 Å². The Bertz CT molecular complexity index is 587. The fraction of sp³-hybridized carbons (Fsp3) is 0.417. The molecular formula is C12H13ClN2O2S. The summed E-state index contributed by atoms with van der Waals surface area (Å²) in [5.41, 5.74) is 0.540. The molecule has 0 unspecified atom stereocenters. The van der Waals surface area contributed by atoms with Gasteiger partial charge in [-0.15, -0.1) is 0 Å². The second-order valence-electron chi connectivity index (χ2n) is 4.36. The number of anilines is 1. The Hall–Kier alpha value is -1.25. The summed E-state index contributed by atoms with van der Waals surface area (Å²) in [4.78, 5) is 0. The standard InChI is InChI=1S/C12H13ClN2O2S/c13-10-6-5-9(8-14)12(7-10)15-18(16,17)11-3-1-2-4-11/h5-7,11,15H,1-4H2. The van der Waals surface area contributed by atoms with Crippen molar-refractivity contribution in [1.82, 2.24) is 0 Å². The molecule has 0 atom stereocenters. The van der Waals surface area contributed by atoms with Crippen LogP contribution in [-0.4, -0.2) is 13.7 Å². The van der Waals surface area contributed by atoms with Crippen LogP contribution in [0.2, 0.25) is 5.02 Å². The van der Waals surface area contributed by atoms with Crippen LogP contribution < -0.4 is 4.72 Å². The first-order valence-electron chi connectivity index (χ1n) is 5.74. The lowest BCUT2D eigenvalue weighted by molar-refractivity contribution is 0.585. The van der Waals surface area contributed by atoms with Gasteiger partial charge in [0.15, 0.2) is 0 Å². The molecule has 0 aromatic heterocycles. The maximum atomic E-state index is 12.1. The molecule has 18 heavy (non-hydrogen) atoms. The summed E-state index contributed by atoms with van der Waals surface area (Å²) in [7, 11) is -3.42. The highest BCUT2D eigenvalue weighted by Gasteiger charge is 2.29. The zero-order valence-corrected chi connectivity index (χ0v) is 11.3. The van der Waals surface area contributed by atoms with E-state index in [0.717, 1.165) is 12.8 Å². The Balaban J connectivity index is 2.28. The number of rotatable bonds is 3. The molecule has 0 spiro atoms. The van der Waals surface area contributed by atoms with Gasteiger partial charge in [-0.3, -0.25) is 4.72 Å². The minimum atomic E-state index is -3.42. The number of nitrogens with zero attached hydrogens (tertiary/aromatic N) is 1. The molecule has 2 rings (SSSR count). The molecule has 6 heteroatoms. The third-order valence-corrected chi connectivity index (χ3v) is 5.18. The van der Waals surface area contributed by atoms with E-state index in [1.54, 1.807) is 6.07 Å². The Morgan fingerprint density at radius 1 is 1.33 bits per heavy atom. The predicted octanol–water partition coefficient (Wildman–Crippen LogP) is 2.90. The molecule has 1 aliphatic rings. The van der Waals surface area contributed by atoms with Crippen molar-refractivity contribution in [3.8, 4) is 6.07 Å². The lowest BCUT2D eigenvalue weighted by atomic mass is 10.2. The van der Waals surface area contributed by atoms with E-state index in [1.165, 1.54) is 12.1 Å². The van der Waals surface area contributed by atoms with Crippen molar-refractivity contribution in [2.75, 3.05) is 4.72 Å². The molecule has 1 saturated carbocycles. The van der Waals surface area contributed by atoms with Crippen molar-refractivity contribution in [3.63, 3.8) is 0 Å². The van der Waals surface area contributed by atoms with E-state index in [2.05, 4.69) is 4.72 Å². The summed E-state index contributed by atoms with van der Waals surface area (Å²) < 4.78 is 26.7. The van der Waals surface area contributed by atoms with Crippen molar-refractivity contribution < 1.29 is 8.42 Å². The quantitative estimate of drug-likeness (QED) is 0.928. The van der Waals surface area contributed by atoms with E-state index < -0.39 is 10.0 Å². The number of sulfonamides is 1. The Kier molecular flexibility index (Phi) is 3.79. The summed E-state index contributed by atoms with van der Waals surface area (Å²) >= 11 is 5.82. The second-order valence-corrected chi connectivity index (χ2v) is 6.75. The number of nitrogens with one attached hydrogen (secondary N) is 1. The normalized spacial score (nSPS) is 16.4. The van der Waals surface area contributed by atoms with Crippen molar-refractivity contribution in [1.29, 1.82) is 5.26 Å². The molecule has 1 aromatic rings. The molecule has 0 saturated heterocycles. The van der Waals surface area contributed by atoms with Crippen molar-refractivity contribution >= 4 is 27.3 Å². The van der Waals surface area contributed by atoms with Gasteiger partial charge in [0.25, 0.3) is 0 Å². The molecule has 1 fully saturated rings. The molecule has 4 nitrogen and oxygen atoms in total. The maximum absolute atomic E-state index is 12.1. The monoisotopic (exact) mass is 284 g/mol. The Morgan fingerprint density at radius 2 is 2.00 bits per heavy atom. The van der Waals surface area contributed by atoms with Crippen LogP contribution in [0, 0.1) is 11.3 Å². The third-order valence-electron chi connectivity index (χ3n) is 3.10. The molecule has 0 aliphatic heterocycles. The molecular weight excluding hydrogens is 272 g/mol. The van der Waals surface area contributed by atoms with Gasteiger partial charge < -0.3 is 0 Å². The minimum absolute atomic E-state index is 0.261. The van der Waals surface area contributed by atoms with Gasteiger partial charge in [-0.05, 0) is 31.0 Å². The lowest BCUT2D eigenvalue weighted by Gasteiger charge is -2.14. The van der Waals surface area contributed by atoms with E-state index in [9.17, 15) is 8.42 Å². The first kappa shape index (κ1) is 13.2. The third kappa shape index (κ3) is 2.77. The molecule has 1 aliphatic carbocycles. The van der Waals surface area contributed by atoms with Gasteiger partial charge in [-0.25, -0.2) is 8.42 Å². The highest BCUT2D eigenvalue weighted by atomic mass is 35.5. The van der Waals surface area contributed by atoms with Gasteiger partial charge in [-0.1, -0.05) is 24.4 Å². The largest absolute Gasteiger partial charge is 0.282 e. The highest BCUT2D eigenvalue weighted by molar-refractivity contribution is 7.93. The number of nitriles is 1. The van der Waals surface area contributed by atoms with Crippen molar-refractivity contribution in [2.24, 2.45) is 0 Å². The number of halogens is 1. The maximum Gasteiger partial charge on any atom is 0.235 e. The number of benzene rings is 1. The fourth-order valence-electron chi connectivity index (χ4n) is 2.13.